The quantitative estimate of drug-likeness (QED) is 0.864. The number of nitrogen functional groups attached to an aromatic ring is 1. The average molecular weight is 290 g/mol. The van der Waals surface area contributed by atoms with Crippen molar-refractivity contribution in [3.63, 3.8) is 0 Å². The van der Waals surface area contributed by atoms with Crippen LogP contribution in [0.25, 0.3) is 0 Å². The number of nitrogens with zero attached hydrogens (tertiary/aromatic N) is 2. The van der Waals surface area contributed by atoms with Crippen molar-refractivity contribution >= 4 is 34.8 Å². The zero-order valence-electron chi connectivity index (χ0n) is 10.7. The van der Waals surface area contributed by atoms with Crippen LogP contribution in [0.3, 0.4) is 0 Å². The normalized spacial score (nSPS) is 23.2. The van der Waals surface area contributed by atoms with Crippen molar-refractivity contribution in [2.75, 3.05) is 23.7 Å². The lowest BCUT2D eigenvalue weighted by atomic mass is 10.1. The molecule has 4 nitrogen and oxygen atoms in total. The van der Waals surface area contributed by atoms with E-state index >= 15 is 0 Å². The number of morpholine rings is 1. The predicted octanol–water partition coefficient (Wildman–Crippen LogP) is 2.97. The average Bonchev–Trinajstić information content (AvgIpc) is 2.20. The van der Waals surface area contributed by atoms with Crippen LogP contribution in [0.5, 0.6) is 0 Å². The lowest BCUT2D eigenvalue weighted by Crippen LogP contribution is -2.52. The molecule has 100 valence electrons. The highest BCUT2D eigenvalue weighted by atomic mass is 35.5. The molecule has 1 unspecified atom stereocenters. The van der Waals surface area contributed by atoms with E-state index in [-0.39, 0.29) is 11.7 Å². The van der Waals surface area contributed by atoms with Crippen molar-refractivity contribution in [2.45, 2.75) is 32.5 Å². The topological polar surface area (TPSA) is 51.4 Å². The minimum atomic E-state index is -0.239. The summed E-state index contributed by atoms with van der Waals surface area (Å²) >= 11 is 12.1. The Kier molecular flexibility index (Phi) is 3.63. The Morgan fingerprint density at radius 1 is 1.44 bits per heavy atom. The molecule has 0 aliphatic carbocycles. The summed E-state index contributed by atoms with van der Waals surface area (Å²) in [7, 11) is 0. The fourth-order valence-electron chi connectivity index (χ4n) is 2.31. The maximum atomic E-state index is 6.19. The fraction of sp³-hybridized carbons (Fsp3) is 0.583. The minimum absolute atomic E-state index is 0.114. The molecule has 1 fully saturated rings. The van der Waals surface area contributed by atoms with Gasteiger partial charge in [0.2, 0.25) is 0 Å². The van der Waals surface area contributed by atoms with Crippen molar-refractivity contribution in [1.82, 2.24) is 4.98 Å². The van der Waals surface area contributed by atoms with Crippen LogP contribution in [0.1, 0.15) is 20.8 Å². The molecule has 0 radical (unpaired) electrons. The molecule has 2 rings (SSSR count). The molecular formula is C12H17Cl2N3O. The number of rotatable bonds is 1. The number of anilines is 2. The molecule has 1 aromatic heterocycles. The van der Waals surface area contributed by atoms with Gasteiger partial charge in [-0.25, -0.2) is 4.98 Å². The highest BCUT2D eigenvalue weighted by Gasteiger charge is 2.33. The first-order chi connectivity index (χ1) is 8.28. The molecule has 1 aliphatic heterocycles. The van der Waals surface area contributed by atoms with Crippen LogP contribution in [-0.2, 0) is 4.74 Å². The lowest BCUT2D eigenvalue weighted by Gasteiger charge is -2.42. The third-order valence-electron chi connectivity index (χ3n) is 2.81. The minimum Gasteiger partial charge on any atom is -0.382 e. The third-order valence-corrected chi connectivity index (χ3v) is 3.39. The first-order valence-electron chi connectivity index (χ1n) is 5.83. The van der Waals surface area contributed by atoms with Gasteiger partial charge < -0.3 is 15.4 Å². The van der Waals surface area contributed by atoms with E-state index in [4.69, 9.17) is 33.7 Å². The predicted molar refractivity (Wildman–Crippen MR) is 75.5 cm³/mol. The molecule has 1 aromatic rings. The standard InChI is InChI=1S/C12H17Cl2N3O/c1-7-5-17(6-12(2,3)18-7)11-9(14)4-8(13)10(15)16-11/h4,7H,5-6H2,1-3H3,(H2,15,16). The summed E-state index contributed by atoms with van der Waals surface area (Å²) in [6.07, 6.45) is 0.114. The molecule has 1 atom stereocenters. The monoisotopic (exact) mass is 289 g/mol. The Balaban J connectivity index is 2.34. The zero-order chi connectivity index (χ0) is 13.5. The van der Waals surface area contributed by atoms with Crippen LogP contribution >= 0.6 is 23.2 Å². The van der Waals surface area contributed by atoms with Gasteiger partial charge in [0.05, 0.1) is 21.8 Å². The molecule has 1 aliphatic rings. The molecular weight excluding hydrogens is 273 g/mol. The van der Waals surface area contributed by atoms with Gasteiger partial charge in [0.1, 0.15) is 11.6 Å². The van der Waals surface area contributed by atoms with Crippen molar-refractivity contribution in [1.29, 1.82) is 0 Å². The van der Waals surface area contributed by atoms with Crippen LogP contribution in [0.15, 0.2) is 6.07 Å². The second kappa shape index (κ2) is 4.76. The molecule has 0 aromatic carbocycles. The van der Waals surface area contributed by atoms with Gasteiger partial charge in [-0.2, -0.15) is 0 Å². The van der Waals surface area contributed by atoms with Crippen LogP contribution < -0.4 is 10.6 Å². The fourth-order valence-corrected chi connectivity index (χ4v) is 2.79. The van der Waals surface area contributed by atoms with Crippen molar-refractivity contribution < 1.29 is 4.74 Å². The van der Waals surface area contributed by atoms with Gasteiger partial charge >= 0.3 is 0 Å². The largest absolute Gasteiger partial charge is 0.382 e. The number of hydrogen-bond donors (Lipinski definition) is 1. The molecule has 2 N–H and O–H groups in total. The Bertz CT molecular complexity index is 465. The summed E-state index contributed by atoms with van der Waals surface area (Å²) in [4.78, 5) is 6.37. The molecule has 1 saturated heterocycles. The summed E-state index contributed by atoms with van der Waals surface area (Å²) in [5.74, 6) is 0.967. The van der Waals surface area contributed by atoms with Gasteiger partial charge in [-0.15, -0.1) is 0 Å². The van der Waals surface area contributed by atoms with E-state index in [0.717, 1.165) is 6.54 Å². The SMILES string of the molecule is CC1CN(c2nc(N)c(Cl)cc2Cl)CC(C)(C)O1. The van der Waals surface area contributed by atoms with Crippen molar-refractivity contribution in [3.8, 4) is 0 Å². The summed E-state index contributed by atoms with van der Waals surface area (Å²) in [6, 6.07) is 1.63. The molecule has 18 heavy (non-hydrogen) atoms. The van der Waals surface area contributed by atoms with Crippen LogP contribution in [0, 0.1) is 0 Å². The second-order valence-electron chi connectivity index (χ2n) is 5.23. The molecule has 6 heteroatoms. The first kappa shape index (κ1) is 13.7. The Morgan fingerprint density at radius 2 is 2.11 bits per heavy atom. The Morgan fingerprint density at radius 3 is 2.72 bits per heavy atom. The van der Waals surface area contributed by atoms with Gasteiger partial charge in [-0.1, -0.05) is 23.2 Å². The lowest BCUT2D eigenvalue weighted by molar-refractivity contribution is -0.0751. The number of hydrogen-bond acceptors (Lipinski definition) is 4. The number of aromatic nitrogens is 1. The highest BCUT2D eigenvalue weighted by molar-refractivity contribution is 6.37. The second-order valence-corrected chi connectivity index (χ2v) is 6.04. The van der Waals surface area contributed by atoms with E-state index in [0.29, 0.717) is 28.2 Å². The summed E-state index contributed by atoms with van der Waals surface area (Å²) in [5, 5.41) is 0.892. The third kappa shape index (κ3) is 2.82. The summed E-state index contributed by atoms with van der Waals surface area (Å²) < 4.78 is 5.85. The van der Waals surface area contributed by atoms with Crippen molar-refractivity contribution in [3.05, 3.63) is 16.1 Å². The van der Waals surface area contributed by atoms with E-state index in [1.165, 1.54) is 0 Å². The molecule has 0 amide bonds. The van der Waals surface area contributed by atoms with E-state index in [9.17, 15) is 0 Å². The smallest absolute Gasteiger partial charge is 0.150 e. The highest BCUT2D eigenvalue weighted by Crippen LogP contribution is 2.33. The number of nitrogens with two attached hydrogens (primary N) is 1. The molecule has 0 saturated carbocycles. The maximum absolute atomic E-state index is 6.19. The molecule has 0 bridgehead atoms. The number of halogens is 2. The maximum Gasteiger partial charge on any atom is 0.150 e. The zero-order valence-corrected chi connectivity index (χ0v) is 12.2. The van der Waals surface area contributed by atoms with Gasteiger partial charge in [0, 0.05) is 13.1 Å². The van der Waals surface area contributed by atoms with E-state index in [2.05, 4.69) is 9.88 Å². The molecule has 0 spiro atoms. The van der Waals surface area contributed by atoms with E-state index in [1.807, 2.05) is 20.8 Å². The van der Waals surface area contributed by atoms with Gasteiger partial charge in [0.15, 0.2) is 0 Å². The first-order valence-corrected chi connectivity index (χ1v) is 6.58. The van der Waals surface area contributed by atoms with E-state index < -0.39 is 0 Å². The Hall–Kier alpha value is -0.710. The van der Waals surface area contributed by atoms with Gasteiger partial charge in [-0.3, -0.25) is 0 Å². The summed E-state index contributed by atoms with van der Waals surface area (Å²) in [5.41, 5.74) is 5.50. The van der Waals surface area contributed by atoms with Crippen molar-refractivity contribution in [2.24, 2.45) is 0 Å². The summed E-state index contributed by atoms with van der Waals surface area (Å²) in [6.45, 7) is 7.56. The van der Waals surface area contributed by atoms with Gasteiger partial charge in [0.25, 0.3) is 0 Å². The molecule has 2 heterocycles. The van der Waals surface area contributed by atoms with Crippen LogP contribution in [0.4, 0.5) is 11.6 Å². The van der Waals surface area contributed by atoms with Crippen LogP contribution in [0.2, 0.25) is 10.0 Å². The number of ether oxygens (including phenoxy) is 1. The van der Waals surface area contributed by atoms with Gasteiger partial charge in [-0.05, 0) is 26.8 Å². The van der Waals surface area contributed by atoms with Crippen LogP contribution in [-0.4, -0.2) is 29.8 Å². The number of pyridine rings is 1. The van der Waals surface area contributed by atoms with E-state index in [1.54, 1.807) is 6.07 Å². The Labute approximate surface area is 117 Å².